The van der Waals surface area contributed by atoms with Crippen molar-refractivity contribution in [3.63, 3.8) is 0 Å². The minimum atomic E-state index is -1.32. The van der Waals surface area contributed by atoms with Crippen LogP contribution in [-0.4, -0.2) is 21.2 Å². The third-order valence-electron chi connectivity index (χ3n) is 7.42. The van der Waals surface area contributed by atoms with Gasteiger partial charge in [-0.25, -0.2) is 0 Å². The summed E-state index contributed by atoms with van der Waals surface area (Å²) in [5, 5.41) is 0. The Hall–Kier alpha value is -0.313. The Morgan fingerprint density at radius 2 is 1.21 bits per heavy atom. The van der Waals surface area contributed by atoms with Crippen LogP contribution in [0.3, 0.4) is 0 Å². The van der Waals surface area contributed by atoms with E-state index in [0.717, 1.165) is 18.4 Å². The van der Waals surface area contributed by atoms with E-state index in [1.54, 1.807) is 7.11 Å². The van der Waals surface area contributed by atoms with E-state index in [9.17, 15) is 4.79 Å². The number of carbonyl (C=O) groups is 1. The summed E-state index contributed by atoms with van der Waals surface area (Å²) in [6.45, 7) is 6.95. The second-order valence-corrected chi connectivity index (χ2v) is 14.6. The van der Waals surface area contributed by atoms with E-state index in [4.69, 9.17) is 4.74 Å². The second kappa shape index (κ2) is 15.5. The molecule has 0 bridgehead atoms. The molecule has 0 aromatic carbocycles. The Morgan fingerprint density at radius 1 is 0.750 bits per heavy atom. The van der Waals surface area contributed by atoms with Crippen molar-refractivity contribution in [2.75, 3.05) is 7.11 Å². The Balaban J connectivity index is 2.84. The monoisotopic (exact) mass is 410 g/mol. The summed E-state index contributed by atoms with van der Waals surface area (Å²) in [6, 6.07) is 4.59. The molecule has 0 heterocycles. The van der Waals surface area contributed by atoms with E-state index in [2.05, 4.69) is 20.8 Å². The van der Waals surface area contributed by atoms with Crippen LogP contribution < -0.4 is 0 Å². The Bertz CT molecular complexity index is 365. The number of ether oxygens (including phenoxy) is 1. The molecule has 0 aliphatic heterocycles. The predicted octanol–water partition coefficient (Wildman–Crippen LogP) is 8.52. The summed E-state index contributed by atoms with van der Waals surface area (Å²) >= 11 is 0. The van der Waals surface area contributed by atoms with E-state index in [0.29, 0.717) is 0 Å². The lowest BCUT2D eigenvalue weighted by atomic mass is 10.1. The molecule has 2 atom stereocenters. The van der Waals surface area contributed by atoms with Crippen molar-refractivity contribution in [1.29, 1.82) is 0 Å². The first-order valence-electron chi connectivity index (χ1n) is 12.7. The number of methoxy groups -OCH3 is 1. The lowest BCUT2D eigenvalue weighted by Gasteiger charge is -2.38. The molecule has 0 saturated heterocycles. The molecule has 2 nitrogen and oxygen atoms in total. The summed E-state index contributed by atoms with van der Waals surface area (Å²) in [5.41, 5.74) is 0.876. The van der Waals surface area contributed by atoms with E-state index in [1.165, 1.54) is 102 Å². The zero-order valence-electron chi connectivity index (χ0n) is 19.7. The quantitative estimate of drug-likeness (QED) is 0.136. The fourth-order valence-corrected chi connectivity index (χ4v) is 12.0. The SMILES string of the molecule is CCCCCC[Si](CCCCCC)(CCCCCC)[C@@H]1CC[C@@H](C(=O)OC)C1. The van der Waals surface area contributed by atoms with Crippen LogP contribution in [0.1, 0.15) is 117 Å². The number of hydrogen-bond acceptors (Lipinski definition) is 2. The highest BCUT2D eigenvalue weighted by molar-refractivity contribution is 6.81. The van der Waals surface area contributed by atoms with Crippen molar-refractivity contribution in [2.24, 2.45) is 5.92 Å². The van der Waals surface area contributed by atoms with Gasteiger partial charge in [0.25, 0.3) is 0 Å². The standard InChI is InChI=1S/C25H50O2Si/c1-5-8-11-14-19-28(20-15-12-9-6-2,21-16-13-10-7-3)24-18-17-23(22-24)25(26)27-4/h23-24H,5-22H2,1-4H3/t23-,24-/m1/s1. The molecule has 166 valence electrons. The predicted molar refractivity (Wildman–Crippen MR) is 126 cm³/mol. The highest BCUT2D eigenvalue weighted by Gasteiger charge is 2.44. The summed E-state index contributed by atoms with van der Waals surface area (Å²) in [5.74, 6) is 0.261. The van der Waals surface area contributed by atoms with Gasteiger partial charge < -0.3 is 4.74 Å². The maximum absolute atomic E-state index is 12.2. The fourth-order valence-electron chi connectivity index (χ4n) is 5.62. The van der Waals surface area contributed by atoms with Crippen molar-refractivity contribution in [3.8, 4) is 0 Å². The second-order valence-electron chi connectivity index (χ2n) is 9.52. The summed E-state index contributed by atoms with van der Waals surface area (Å²) in [4.78, 5) is 12.2. The van der Waals surface area contributed by atoms with Gasteiger partial charge >= 0.3 is 5.97 Å². The molecule has 1 rings (SSSR count). The van der Waals surface area contributed by atoms with Crippen molar-refractivity contribution < 1.29 is 9.53 Å². The molecular formula is C25H50O2Si. The fraction of sp³-hybridized carbons (Fsp3) is 0.960. The molecule has 1 aliphatic carbocycles. The smallest absolute Gasteiger partial charge is 0.308 e. The molecule has 1 fully saturated rings. The van der Waals surface area contributed by atoms with Crippen molar-refractivity contribution >= 4 is 14.0 Å². The number of unbranched alkanes of at least 4 members (excludes halogenated alkanes) is 9. The van der Waals surface area contributed by atoms with Gasteiger partial charge in [-0.15, -0.1) is 0 Å². The van der Waals surface area contributed by atoms with Crippen LogP contribution in [0.5, 0.6) is 0 Å². The summed E-state index contributed by atoms with van der Waals surface area (Å²) < 4.78 is 5.11. The van der Waals surface area contributed by atoms with Gasteiger partial charge in [0.15, 0.2) is 0 Å². The van der Waals surface area contributed by atoms with E-state index >= 15 is 0 Å². The van der Waals surface area contributed by atoms with Crippen LogP contribution >= 0.6 is 0 Å². The number of rotatable bonds is 17. The highest BCUT2D eigenvalue weighted by Crippen LogP contribution is 2.49. The normalized spacial score (nSPS) is 19.9. The van der Waals surface area contributed by atoms with Crippen LogP contribution in [0.15, 0.2) is 0 Å². The van der Waals surface area contributed by atoms with E-state index < -0.39 is 8.07 Å². The molecule has 28 heavy (non-hydrogen) atoms. The molecule has 0 aromatic rings. The molecule has 0 amide bonds. The van der Waals surface area contributed by atoms with Gasteiger partial charge in [-0.1, -0.05) is 122 Å². The average Bonchev–Trinajstić information content (AvgIpc) is 3.21. The lowest BCUT2D eigenvalue weighted by Crippen LogP contribution is -2.39. The van der Waals surface area contributed by atoms with Gasteiger partial charge in [0.2, 0.25) is 0 Å². The Labute approximate surface area is 177 Å². The zero-order valence-corrected chi connectivity index (χ0v) is 20.7. The minimum absolute atomic E-state index is 0.0633. The summed E-state index contributed by atoms with van der Waals surface area (Å²) in [6.07, 6.45) is 20.3. The van der Waals surface area contributed by atoms with Gasteiger partial charge in [0.05, 0.1) is 21.1 Å². The van der Waals surface area contributed by atoms with Gasteiger partial charge in [0.1, 0.15) is 0 Å². The van der Waals surface area contributed by atoms with Gasteiger partial charge in [-0.2, -0.15) is 0 Å². The van der Waals surface area contributed by atoms with E-state index in [-0.39, 0.29) is 11.9 Å². The summed E-state index contributed by atoms with van der Waals surface area (Å²) in [7, 11) is 0.249. The number of carbonyl (C=O) groups excluding carboxylic acids is 1. The van der Waals surface area contributed by atoms with Gasteiger partial charge in [-0.05, 0) is 18.4 Å². The largest absolute Gasteiger partial charge is 0.469 e. The third-order valence-corrected chi connectivity index (χ3v) is 13.7. The molecule has 1 saturated carbocycles. The first-order chi connectivity index (χ1) is 13.6. The first kappa shape index (κ1) is 25.7. The number of hydrogen-bond donors (Lipinski definition) is 0. The molecule has 3 heteroatoms. The van der Waals surface area contributed by atoms with Crippen LogP contribution in [0.25, 0.3) is 0 Å². The number of esters is 1. The molecule has 0 N–H and O–H groups in total. The topological polar surface area (TPSA) is 26.3 Å². The van der Waals surface area contributed by atoms with Crippen LogP contribution in [0.4, 0.5) is 0 Å². The molecular weight excluding hydrogens is 360 g/mol. The lowest BCUT2D eigenvalue weighted by molar-refractivity contribution is -0.145. The van der Waals surface area contributed by atoms with Crippen molar-refractivity contribution in [2.45, 2.75) is 141 Å². The van der Waals surface area contributed by atoms with Crippen molar-refractivity contribution in [1.82, 2.24) is 0 Å². The van der Waals surface area contributed by atoms with E-state index in [1.807, 2.05) is 0 Å². The highest BCUT2D eigenvalue weighted by atomic mass is 28.3. The molecule has 1 aliphatic rings. The third kappa shape index (κ3) is 9.01. The Kier molecular flexibility index (Phi) is 14.3. The van der Waals surface area contributed by atoms with Gasteiger partial charge in [-0.3, -0.25) is 4.79 Å². The molecule has 0 radical (unpaired) electrons. The maximum Gasteiger partial charge on any atom is 0.308 e. The van der Waals surface area contributed by atoms with Crippen molar-refractivity contribution in [3.05, 3.63) is 0 Å². The average molecular weight is 411 g/mol. The van der Waals surface area contributed by atoms with Gasteiger partial charge in [0, 0.05) is 0 Å². The minimum Gasteiger partial charge on any atom is -0.469 e. The molecule has 0 unspecified atom stereocenters. The van der Waals surface area contributed by atoms with Crippen LogP contribution in [0.2, 0.25) is 23.7 Å². The van der Waals surface area contributed by atoms with Crippen LogP contribution in [-0.2, 0) is 9.53 Å². The van der Waals surface area contributed by atoms with Crippen LogP contribution in [0, 0.1) is 5.92 Å². The Morgan fingerprint density at radius 3 is 1.61 bits per heavy atom. The maximum atomic E-state index is 12.2. The zero-order chi connectivity index (χ0) is 20.7. The first-order valence-corrected chi connectivity index (χ1v) is 15.4. The molecule has 0 aromatic heterocycles. The molecule has 0 spiro atoms.